The van der Waals surface area contributed by atoms with Crippen LogP contribution in [-0.4, -0.2) is 11.7 Å². The zero-order chi connectivity index (χ0) is 15.4. The molecule has 0 aliphatic heterocycles. The molecule has 0 bridgehead atoms. The van der Waals surface area contributed by atoms with Gasteiger partial charge in [-0.05, 0) is 42.7 Å². The van der Waals surface area contributed by atoms with Gasteiger partial charge in [-0.25, -0.2) is 0 Å². The molecule has 22 heavy (non-hydrogen) atoms. The van der Waals surface area contributed by atoms with Crippen LogP contribution in [0.3, 0.4) is 0 Å². The first-order valence-electron chi connectivity index (χ1n) is 7.70. The van der Waals surface area contributed by atoms with Crippen LogP contribution in [0.1, 0.15) is 41.3 Å². The maximum atomic E-state index is 12.0. The van der Waals surface area contributed by atoms with Crippen LogP contribution in [0.25, 0.3) is 0 Å². The predicted octanol–water partition coefficient (Wildman–Crippen LogP) is 5.03. The highest BCUT2D eigenvalue weighted by atomic mass is 35.5. The number of hydrogen-bond donors (Lipinski definition) is 0. The number of ether oxygens (including phenoxy) is 1. The summed E-state index contributed by atoms with van der Waals surface area (Å²) in [4.78, 5) is 12.0. The number of Topliss-reactive ketones (excluding diaryl/α,β-unsaturated/α-hetero) is 1. The summed E-state index contributed by atoms with van der Waals surface area (Å²) < 4.78 is 6.06. The van der Waals surface area contributed by atoms with Crippen molar-refractivity contribution in [2.45, 2.75) is 25.4 Å². The van der Waals surface area contributed by atoms with E-state index in [9.17, 15) is 4.79 Å². The van der Waals surface area contributed by atoms with Gasteiger partial charge in [0.05, 0.1) is 0 Å². The molecule has 1 aliphatic rings. The van der Waals surface area contributed by atoms with E-state index in [2.05, 4.69) is 0 Å². The second-order valence-corrected chi connectivity index (χ2v) is 6.04. The molecule has 2 aromatic rings. The van der Waals surface area contributed by atoms with Crippen LogP contribution in [0.2, 0.25) is 0 Å². The lowest BCUT2D eigenvalue weighted by atomic mass is 10.1. The molecular weight excluding hydrogens is 296 g/mol. The third-order valence-corrected chi connectivity index (χ3v) is 4.13. The molecule has 1 saturated carbocycles. The second-order valence-electron chi connectivity index (χ2n) is 5.66. The van der Waals surface area contributed by atoms with Crippen LogP contribution in [0, 0.1) is 5.92 Å². The van der Waals surface area contributed by atoms with Gasteiger partial charge in [-0.2, -0.15) is 0 Å². The predicted molar refractivity (Wildman–Crippen MR) is 88.6 cm³/mol. The molecule has 0 unspecified atom stereocenters. The number of halogens is 1. The molecule has 0 amide bonds. The lowest BCUT2D eigenvalue weighted by Crippen LogP contribution is -2.08. The summed E-state index contributed by atoms with van der Waals surface area (Å²) >= 11 is 5.90. The van der Waals surface area contributed by atoms with Crippen molar-refractivity contribution in [1.29, 1.82) is 0 Å². The van der Waals surface area contributed by atoms with Crippen molar-refractivity contribution in [3.05, 3.63) is 65.7 Å². The fourth-order valence-electron chi connectivity index (χ4n) is 2.50. The molecule has 0 N–H and O–H groups in total. The molecule has 0 aromatic heterocycles. The first-order chi connectivity index (χ1) is 10.8. The monoisotopic (exact) mass is 314 g/mol. The van der Waals surface area contributed by atoms with Gasteiger partial charge in [0.1, 0.15) is 11.9 Å². The Kier molecular flexibility index (Phi) is 4.79. The van der Waals surface area contributed by atoms with Crippen molar-refractivity contribution in [2.75, 3.05) is 5.88 Å². The zero-order valence-corrected chi connectivity index (χ0v) is 13.1. The maximum Gasteiger partial charge on any atom is 0.165 e. The fraction of sp³-hybridized carbons (Fsp3) is 0.316. The topological polar surface area (TPSA) is 26.3 Å². The normalized spacial score (nSPS) is 15.3. The van der Waals surface area contributed by atoms with Gasteiger partial charge in [0.2, 0.25) is 0 Å². The first kappa shape index (κ1) is 15.1. The number of hydrogen-bond acceptors (Lipinski definition) is 2. The van der Waals surface area contributed by atoms with Crippen molar-refractivity contribution in [1.82, 2.24) is 0 Å². The van der Waals surface area contributed by atoms with Crippen LogP contribution in [0.5, 0.6) is 5.75 Å². The molecule has 1 aliphatic carbocycles. The van der Waals surface area contributed by atoms with Gasteiger partial charge in [-0.1, -0.05) is 30.3 Å². The van der Waals surface area contributed by atoms with Crippen molar-refractivity contribution in [3.8, 4) is 5.75 Å². The van der Waals surface area contributed by atoms with Crippen LogP contribution in [0.15, 0.2) is 54.6 Å². The van der Waals surface area contributed by atoms with E-state index < -0.39 is 0 Å². The number of carbonyl (C=O) groups excluding carboxylic acids is 1. The average molecular weight is 315 g/mol. The third kappa shape index (κ3) is 3.69. The van der Waals surface area contributed by atoms with Gasteiger partial charge in [0, 0.05) is 23.8 Å². The Hall–Kier alpha value is -1.80. The van der Waals surface area contributed by atoms with E-state index in [1.165, 1.54) is 0 Å². The fourth-order valence-corrected chi connectivity index (χ4v) is 2.70. The summed E-state index contributed by atoms with van der Waals surface area (Å²) in [7, 11) is 0. The minimum absolute atomic E-state index is 0.0660. The zero-order valence-electron chi connectivity index (χ0n) is 12.4. The highest BCUT2D eigenvalue weighted by Gasteiger charge is 2.30. The summed E-state index contributed by atoms with van der Waals surface area (Å²) in [6.45, 7) is 0. The van der Waals surface area contributed by atoms with Gasteiger partial charge in [-0.3, -0.25) is 4.79 Å². The third-order valence-electron chi connectivity index (χ3n) is 3.91. The Bertz CT molecular complexity index is 618. The van der Waals surface area contributed by atoms with E-state index in [1.54, 1.807) is 0 Å². The molecule has 0 heterocycles. The Labute approximate surface area is 136 Å². The molecule has 114 valence electrons. The van der Waals surface area contributed by atoms with Gasteiger partial charge in [0.15, 0.2) is 5.78 Å². The van der Waals surface area contributed by atoms with Gasteiger partial charge >= 0.3 is 0 Å². The Balaban J connectivity index is 1.71. The Morgan fingerprint density at radius 3 is 2.36 bits per heavy atom. The Morgan fingerprint density at radius 2 is 1.77 bits per heavy atom. The standard InChI is InChI=1S/C19H19ClO2/c20-13-12-18(14-4-2-1-3-5-14)22-17-10-8-16(9-11-17)19(21)15-6-7-15/h1-5,8-11,15,18H,6-7,12-13H2/t18-/m1/s1. The van der Waals surface area contributed by atoms with E-state index in [0.29, 0.717) is 5.88 Å². The summed E-state index contributed by atoms with van der Waals surface area (Å²) in [5.74, 6) is 1.82. The smallest absolute Gasteiger partial charge is 0.165 e. The summed E-state index contributed by atoms with van der Waals surface area (Å²) in [6, 6.07) is 17.5. The summed E-state index contributed by atoms with van der Waals surface area (Å²) in [6.07, 6.45) is 2.74. The maximum absolute atomic E-state index is 12.0. The molecule has 1 atom stereocenters. The van der Waals surface area contributed by atoms with Crippen molar-refractivity contribution in [2.24, 2.45) is 5.92 Å². The van der Waals surface area contributed by atoms with Crippen LogP contribution < -0.4 is 4.74 Å². The minimum Gasteiger partial charge on any atom is -0.486 e. The highest BCUT2D eigenvalue weighted by Crippen LogP contribution is 2.33. The molecule has 1 fully saturated rings. The van der Waals surface area contributed by atoms with E-state index >= 15 is 0 Å². The quantitative estimate of drug-likeness (QED) is 0.529. The second kappa shape index (κ2) is 6.97. The molecule has 3 heteroatoms. The first-order valence-corrected chi connectivity index (χ1v) is 8.23. The van der Waals surface area contributed by atoms with Crippen molar-refractivity contribution >= 4 is 17.4 Å². The number of ketones is 1. The van der Waals surface area contributed by atoms with Gasteiger partial charge in [0.25, 0.3) is 0 Å². The van der Waals surface area contributed by atoms with Crippen molar-refractivity contribution < 1.29 is 9.53 Å². The van der Waals surface area contributed by atoms with E-state index in [0.717, 1.165) is 36.1 Å². The average Bonchev–Trinajstić information content (AvgIpc) is 3.40. The number of carbonyl (C=O) groups is 1. The molecule has 3 rings (SSSR count). The van der Waals surface area contributed by atoms with E-state index in [1.807, 2.05) is 54.6 Å². The minimum atomic E-state index is -0.0660. The molecular formula is C19H19ClO2. The number of benzene rings is 2. The van der Waals surface area contributed by atoms with Crippen LogP contribution >= 0.6 is 11.6 Å². The molecule has 0 spiro atoms. The van der Waals surface area contributed by atoms with Crippen LogP contribution in [-0.2, 0) is 0 Å². The highest BCUT2D eigenvalue weighted by molar-refractivity contribution is 6.17. The molecule has 0 saturated heterocycles. The van der Waals surface area contributed by atoms with E-state index in [4.69, 9.17) is 16.3 Å². The molecule has 2 nitrogen and oxygen atoms in total. The number of rotatable bonds is 7. The summed E-state index contributed by atoms with van der Waals surface area (Å²) in [5, 5.41) is 0. The largest absolute Gasteiger partial charge is 0.486 e. The van der Waals surface area contributed by atoms with Gasteiger partial charge in [-0.15, -0.1) is 11.6 Å². The lowest BCUT2D eigenvalue weighted by molar-refractivity contribution is 0.0967. The van der Waals surface area contributed by atoms with E-state index in [-0.39, 0.29) is 17.8 Å². The number of alkyl halides is 1. The van der Waals surface area contributed by atoms with Gasteiger partial charge < -0.3 is 4.74 Å². The molecule has 2 aromatic carbocycles. The molecule has 0 radical (unpaired) electrons. The lowest BCUT2D eigenvalue weighted by Gasteiger charge is -2.19. The summed E-state index contributed by atoms with van der Waals surface area (Å²) in [5.41, 5.74) is 1.89. The SMILES string of the molecule is O=C(c1ccc(O[C@H](CCCl)c2ccccc2)cc1)C1CC1. The Morgan fingerprint density at radius 1 is 1.09 bits per heavy atom. The van der Waals surface area contributed by atoms with Crippen LogP contribution in [0.4, 0.5) is 0 Å². The van der Waals surface area contributed by atoms with Crippen molar-refractivity contribution in [3.63, 3.8) is 0 Å².